The quantitative estimate of drug-likeness (QED) is 0.740. The molecule has 1 rings (SSSR count). The summed E-state index contributed by atoms with van der Waals surface area (Å²) in [5, 5.41) is 18.3. The predicted molar refractivity (Wildman–Crippen MR) is 48.3 cm³/mol. The summed E-state index contributed by atoms with van der Waals surface area (Å²) in [5.41, 5.74) is -0.149. The molecule has 0 unspecified atom stereocenters. The topological polar surface area (TPSA) is 40.5 Å². The number of hydrogen-bond donors (Lipinski definition) is 2. The molecule has 14 heavy (non-hydrogen) atoms. The van der Waals surface area contributed by atoms with E-state index < -0.39 is 23.1 Å². The van der Waals surface area contributed by atoms with Crippen molar-refractivity contribution in [3.05, 3.63) is 23.3 Å². The summed E-state index contributed by atoms with van der Waals surface area (Å²) in [6.07, 6.45) is 1.66. The van der Waals surface area contributed by atoms with Crippen LogP contribution in [0.5, 0.6) is 11.5 Å². The highest BCUT2D eigenvalue weighted by Crippen LogP contribution is 2.33. The Bertz CT molecular complexity index is 311. The number of benzene rings is 1. The molecule has 0 spiro atoms. The Kier molecular flexibility index (Phi) is 3.28. The third-order valence-electron chi connectivity index (χ3n) is 2.05. The lowest BCUT2D eigenvalue weighted by Crippen LogP contribution is -1.95. The fraction of sp³-hybridized carbons (Fsp3) is 0.400. The maximum Gasteiger partial charge on any atom is 0.165 e. The van der Waals surface area contributed by atoms with Crippen LogP contribution in [0.3, 0.4) is 0 Å². The first-order valence-electron chi connectivity index (χ1n) is 4.46. The molecule has 4 heteroatoms. The molecule has 0 atom stereocenters. The standard InChI is InChI=1S/C10H12F2O2/c1-2-3-4-6-9(12)7(11)5-8(13)10(6)14/h5,13-14H,2-4H2,1H3. The molecule has 0 aromatic heterocycles. The van der Waals surface area contributed by atoms with Gasteiger partial charge in [0.1, 0.15) is 0 Å². The van der Waals surface area contributed by atoms with Crippen molar-refractivity contribution in [2.45, 2.75) is 26.2 Å². The van der Waals surface area contributed by atoms with Gasteiger partial charge in [0.15, 0.2) is 23.1 Å². The van der Waals surface area contributed by atoms with Crippen LogP contribution in [0.1, 0.15) is 25.3 Å². The van der Waals surface area contributed by atoms with Crippen LogP contribution in [-0.2, 0) is 6.42 Å². The van der Waals surface area contributed by atoms with Gasteiger partial charge in [0, 0.05) is 11.6 Å². The van der Waals surface area contributed by atoms with Crippen LogP contribution in [0.25, 0.3) is 0 Å². The second-order valence-electron chi connectivity index (χ2n) is 3.12. The first-order chi connectivity index (χ1) is 6.57. The minimum Gasteiger partial charge on any atom is -0.504 e. The molecule has 1 aromatic rings. The van der Waals surface area contributed by atoms with E-state index in [0.717, 1.165) is 6.42 Å². The first kappa shape index (κ1) is 10.8. The molecule has 0 aliphatic heterocycles. The molecule has 0 radical (unpaired) electrons. The van der Waals surface area contributed by atoms with E-state index in [1.54, 1.807) is 0 Å². The van der Waals surface area contributed by atoms with Crippen molar-refractivity contribution in [3.63, 3.8) is 0 Å². The molecule has 0 aliphatic rings. The molecule has 1 aromatic carbocycles. The van der Waals surface area contributed by atoms with Gasteiger partial charge < -0.3 is 10.2 Å². The van der Waals surface area contributed by atoms with Gasteiger partial charge in [-0.3, -0.25) is 0 Å². The normalized spacial score (nSPS) is 10.5. The number of halogens is 2. The van der Waals surface area contributed by atoms with Crippen molar-refractivity contribution < 1.29 is 19.0 Å². The van der Waals surface area contributed by atoms with Gasteiger partial charge in [-0.15, -0.1) is 0 Å². The van der Waals surface area contributed by atoms with Gasteiger partial charge >= 0.3 is 0 Å². The van der Waals surface area contributed by atoms with Crippen molar-refractivity contribution in [1.29, 1.82) is 0 Å². The number of hydrogen-bond acceptors (Lipinski definition) is 2. The Balaban J connectivity index is 3.11. The number of phenolic OH excluding ortho intramolecular Hbond substituents is 2. The van der Waals surface area contributed by atoms with Crippen molar-refractivity contribution in [3.8, 4) is 11.5 Å². The molecule has 0 fully saturated rings. The average molecular weight is 202 g/mol. The molecule has 0 saturated carbocycles. The van der Waals surface area contributed by atoms with Gasteiger partial charge in [-0.25, -0.2) is 8.78 Å². The SMILES string of the molecule is CCCCc1c(O)c(O)cc(F)c1F. The van der Waals surface area contributed by atoms with E-state index in [9.17, 15) is 13.9 Å². The first-order valence-corrected chi connectivity index (χ1v) is 4.46. The van der Waals surface area contributed by atoms with Crippen molar-refractivity contribution in [2.24, 2.45) is 0 Å². The molecule has 0 amide bonds. The van der Waals surface area contributed by atoms with Gasteiger partial charge in [0.05, 0.1) is 0 Å². The number of rotatable bonds is 3. The number of phenols is 2. The van der Waals surface area contributed by atoms with Gasteiger partial charge in [0.2, 0.25) is 0 Å². The summed E-state index contributed by atoms with van der Waals surface area (Å²) in [7, 11) is 0. The second kappa shape index (κ2) is 4.26. The van der Waals surface area contributed by atoms with E-state index in [4.69, 9.17) is 5.11 Å². The second-order valence-corrected chi connectivity index (χ2v) is 3.12. The zero-order chi connectivity index (χ0) is 10.7. The highest BCUT2D eigenvalue weighted by atomic mass is 19.2. The van der Waals surface area contributed by atoms with E-state index in [1.165, 1.54) is 0 Å². The highest BCUT2D eigenvalue weighted by Gasteiger charge is 2.16. The van der Waals surface area contributed by atoms with E-state index in [1.807, 2.05) is 6.92 Å². The molecular formula is C10H12F2O2. The lowest BCUT2D eigenvalue weighted by Gasteiger charge is -2.07. The van der Waals surface area contributed by atoms with Crippen molar-refractivity contribution >= 4 is 0 Å². The molecule has 0 heterocycles. The summed E-state index contributed by atoms with van der Waals surface area (Å²) >= 11 is 0. The Morgan fingerprint density at radius 3 is 2.50 bits per heavy atom. The average Bonchev–Trinajstić information content (AvgIpc) is 2.15. The van der Waals surface area contributed by atoms with Gasteiger partial charge in [-0.1, -0.05) is 13.3 Å². The fourth-order valence-electron chi connectivity index (χ4n) is 1.24. The Hall–Kier alpha value is -1.32. The summed E-state index contributed by atoms with van der Waals surface area (Å²) in [6.45, 7) is 1.90. The highest BCUT2D eigenvalue weighted by molar-refractivity contribution is 5.45. The largest absolute Gasteiger partial charge is 0.504 e. The summed E-state index contributed by atoms with van der Waals surface area (Å²) < 4.78 is 25.9. The zero-order valence-electron chi connectivity index (χ0n) is 7.85. The smallest absolute Gasteiger partial charge is 0.165 e. The predicted octanol–water partition coefficient (Wildman–Crippen LogP) is 2.72. The Morgan fingerprint density at radius 2 is 1.93 bits per heavy atom. The van der Waals surface area contributed by atoms with E-state index in [0.29, 0.717) is 12.5 Å². The van der Waals surface area contributed by atoms with Crippen molar-refractivity contribution in [1.82, 2.24) is 0 Å². The van der Waals surface area contributed by atoms with Gasteiger partial charge in [0.25, 0.3) is 0 Å². The molecule has 78 valence electrons. The molecule has 2 N–H and O–H groups in total. The maximum atomic E-state index is 13.1. The van der Waals surface area contributed by atoms with E-state index in [-0.39, 0.29) is 12.0 Å². The zero-order valence-corrected chi connectivity index (χ0v) is 7.85. The van der Waals surface area contributed by atoms with Gasteiger partial charge in [-0.2, -0.15) is 0 Å². The third kappa shape index (κ3) is 1.95. The minimum absolute atomic E-state index is 0.149. The summed E-state index contributed by atoms with van der Waals surface area (Å²) in [5.74, 6) is -3.38. The van der Waals surface area contributed by atoms with Crippen LogP contribution < -0.4 is 0 Å². The lowest BCUT2D eigenvalue weighted by molar-refractivity contribution is 0.382. The minimum atomic E-state index is -1.13. The van der Waals surface area contributed by atoms with Crippen LogP contribution >= 0.6 is 0 Å². The molecule has 0 aliphatic carbocycles. The Labute approximate surface area is 80.8 Å². The lowest BCUT2D eigenvalue weighted by atomic mass is 10.1. The van der Waals surface area contributed by atoms with E-state index >= 15 is 0 Å². The Morgan fingerprint density at radius 1 is 1.29 bits per heavy atom. The fourth-order valence-corrected chi connectivity index (χ4v) is 1.24. The third-order valence-corrected chi connectivity index (χ3v) is 2.05. The van der Waals surface area contributed by atoms with Crippen LogP contribution in [0.4, 0.5) is 8.78 Å². The molecule has 0 saturated heterocycles. The van der Waals surface area contributed by atoms with Crippen LogP contribution in [0, 0.1) is 11.6 Å². The van der Waals surface area contributed by atoms with Crippen LogP contribution in [0.15, 0.2) is 6.07 Å². The van der Waals surface area contributed by atoms with Crippen LogP contribution in [-0.4, -0.2) is 10.2 Å². The van der Waals surface area contributed by atoms with Crippen LogP contribution in [0.2, 0.25) is 0 Å². The summed E-state index contributed by atoms with van der Waals surface area (Å²) in [6, 6.07) is 0.570. The molecular weight excluding hydrogens is 190 g/mol. The molecule has 2 nitrogen and oxygen atoms in total. The monoisotopic (exact) mass is 202 g/mol. The summed E-state index contributed by atoms with van der Waals surface area (Å²) in [4.78, 5) is 0. The van der Waals surface area contributed by atoms with E-state index in [2.05, 4.69) is 0 Å². The van der Waals surface area contributed by atoms with Crippen molar-refractivity contribution in [2.75, 3.05) is 0 Å². The maximum absolute atomic E-state index is 13.1. The number of aromatic hydroxyl groups is 2. The van der Waals surface area contributed by atoms with Gasteiger partial charge in [-0.05, 0) is 12.8 Å². The molecule has 0 bridgehead atoms. The number of unbranched alkanes of at least 4 members (excludes halogenated alkanes) is 1.